The topological polar surface area (TPSA) is 105 Å². The van der Waals surface area contributed by atoms with Crippen LogP contribution in [0.5, 0.6) is 17.4 Å². The van der Waals surface area contributed by atoms with Crippen LogP contribution in [0.4, 0.5) is 0 Å². The standard InChI is InChI=1S/C15H16N4O4S.Na.H/c1-21-11-6-7-16-10(13(11)23-3)8-24(20)15-17-9-4-5-12(22-2)18-14(9)19-15;;/h4-7H,8H2,1-3H3,(H,17,18,19);;. The third-order valence-electron chi connectivity index (χ3n) is 3.36. The second kappa shape index (κ2) is 8.72. The zero-order valence-electron chi connectivity index (χ0n) is 13.4. The zero-order chi connectivity index (χ0) is 17.1. The van der Waals surface area contributed by atoms with E-state index in [1.807, 2.05) is 0 Å². The molecule has 8 nitrogen and oxygen atoms in total. The summed E-state index contributed by atoms with van der Waals surface area (Å²) in [6.45, 7) is 0. The number of nitrogens with one attached hydrogen (secondary N) is 1. The monoisotopic (exact) mass is 372 g/mol. The molecule has 3 rings (SSSR count). The Morgan fingerprint density at radius 3 is 2.56 bits per heavy atom. The van der Waals surface area contributed by atoms with Crippen LogP contribution in [0.1, 0.15) is 5.69 Å². The van der Waals surface area contributed by atoms with Crippen molar-refractivity contribution in [2.45, 2.75) is 10.9 Å². The molecule has 10 heteroatoms. The molecule has 0 aromatic carbocycles. The number of aromatic nitrogens is 4. The van der Waals surface area contributed by atoms with E-state index in [0.717, 1.165) is 0 Å². The fraction of sp³-hybridized carbons (Fsp3) is 0.267. The molecule has 1 unspecified atom stereocenters. The van der Waals surface area contributed by atoms with E-state index in [4.69, 9.17) is 14.2 Å². The minimum absolute atomic E-state index is 0. The number of H-pyrrole nitrogens is 1. The second-order valence-electron chi connectivity index (χ2n) is 4.75. The molecular formula is C15H17N4NaO4S. The molecule has 0 amide bonds. The Morgan fingerprint density at radius 2 is 1.88 bits per heavy atom. The SMILES string of the molecule is COc1ccc2[nH]c([S+]([O-])Cc3nccc(OC)c3OC)nc2n1.[NaH]. The van der Waals surface area contributed by atoms with Crippen molar-refractivity contribution in [3.63, 3.8) is 0 Å². The molecule has 0 aliphatic heterocycles. The Hall–Kier alpha value is -1.52. The van der Waals surface area contributed by atoms with Crippen molar-refractivity contribution >= 4 is 51.9 Å². The van der Waals surface area contributed by atoms with Crippen LogP contribution in [-0.4, -0.2) is 75.4 Å². The molecule has 3 aromatic rings. The van der Waals surface area contributed by atoms with Gasteiger partial charge in [0.1, 0.15) is 5.69 Å². The van der Waals surface area contributed by atoms with Crippen LogP contribution in [0.2, 0.25) is 0 Å². The number of pyridine rings is 2. The van der Waals surface area contributed by atoms with E-state index in [1.54, 1.807) is 24.4 Å². The van der Waals surface area contributed by atoms with Gasteiger partial charge in [-0.2, -0.15) is 9.97 Å². The number of fused-ring (bicyclic) bond motifs is 1. The summed E-state index contributed by atoms with van der Waals surface area (Å²) < 4.78 is 28.2. The molecule has 0 fully saturated rings. The maximum atomic E-state index is 12.6. The van der Waals surface area contributed by atoms with Crippen molar-refractivity contribution in [1.29, 1.82) is 0 Å². The third kappa shape index (κ3) is 4.18. The van der Waals surface area contributed by atoms with Crippen LogP contribution >= 0.6 is 0 Å². The summed E-state index contributed by atoms with van der Waals surface area (Å²) in [5, 5.41) is 0.317. The molecule has 0 saturated carbocycles. The summed E-state index contributed by atoms with van der Waals surface area (Å²) in [4.78, 5) is 15.7. The number of hydrogen-bond acceptors (Lipinski definition) is 7. The number of imidazole rings is 1. The normalized spacial score (nSPS) is 11.7. The fourth-order valence-corrected chi connectivity index (χ4v) is 3.22. The number of nitrogens with zero attached hydrogens (tertiary/aromatic N) is 3. The van der Waals surface area contributed by atoms with Gasteiger partial charge in [-0.25, -0.2) is 0 Å². The molecule has 0 radical (unpaired) electrons. The van der Waals surface area contributed by atoms with Gasteiger partial charge >= 0.3 is 34.7 Å². The van der Waals surface area contributed by atoms with Crippen LogP contribution in [0.15, 0.2) is 29.6 Å². The molecule has 25 heavy (non-hydrogen) atoms. The molecule has 128 valence electrons. The number of aromatic amines is 1. The quantitative estimate of drug-likeness (QED) is 0.509. The summed E-state index contributed by atoms with van der Waals surface area (Å²) in [6.07, 6.45) is 1.58. The van der Waals surface area contributed by atoms with Crippen LogP contribution in [0, 0.1) is 0 Å². The van der Waals surface area contributed by atoms with Crippen molar-refractivity contribution in [1.82, 2.24) is 19.9 Å². The van der Waals surface area contributed by atoms with Crippen molar-refractivity contribution in [3.05, 3.63) is 30.1 Å². The van der Waals surface area contributed by atoms with Gasteiger partial charge < -0.3 is 18.8 Å². The van der Waals surface area contributed by atoms with Gasteiger partial charge in [0.2, 0.25) is 5.88 Å². The zero-order valence-corrected chi connectivity index (χ0v) is 14.2. The van der Waals surface area contributed by atoms with Crippen molar-refractivity contribution in [2.24, 2.45) is 0 Å². The van der Waals surface area contributed by atoms with E-state index in [9.17, 15) is 4.55 Å². The molecule has 0 bridgehead atoms. The van der Waals surface area contributed by atoms with Gasteiger partial charge in [0.25, 0.3) is 0 Å². The number of ether oxygens (including phenoxy) is 3. The van der Waals surface area contributed by atoms with E-state index >= 15 is 0 Å². The van der Waals surface area contributed by atoms with E-state index in [0.29, 0.717) is 39.4 Å². The van der Waals surface area contributed by atoms with E-state index < -0.39 is 11.2 Å². The van der Waals surface area contributed by atoms with Crippen LogP contribution in [0.3, 0.4) is 0 Å². The van der Waals surface area contributed by atoms with Gasteiger partial charge in [-0.1, -0.05) is 0 Å². The molecule has 0 aliphatic rings. The fourth-order valence-electron chi connectivity index (χ4n) is 2.22. The summed E-state index contributed by atoms with van der Waals surface area (Å²) in [7, 11) is 4.58. The van der Waals surface area contributed by atoms with Gasteiger partial charge in [0, 0.05) is 29.5 Å². The Bertz CT molecular complexity index is 861. The first-order valence-corrected chi connectivity index (χ1v) is 8.33. The number of methoxy groups -OCH3 is 3. The van der Waals surface area contributed by atoms with Crippen molar-refractivity contribution < 1.29 is 18.8 Å². The van der Waals surface area contributed by atoms with Crippen molar-refractivity contribution in [2.75, 3.05) is 21.3 Å². The van der Waals surface area contributed by atoms with Gasteiger partial charge in [-0.15, -0.1) is 0 Å². The first-order chi connectivity index (χ1) is 11.7. The summed E-state index contributed by atoms with van der Waals surface area (Å²) in [5.41, 5.74) is 1.66. The third-order valence-corrected chi connectivity index (χ3v) is 4.52. The second-order valence-corrected chi connectivity index (χ2v) is 6.12. The summed E-state index contributed by atoms with van der Waals surface area (Å²) in [6, 6.07) is 5.17. The van der Waals surface area contributed by atoms with E-state index in [-0.39, 0.29) is 35.3 Å². The van der Waals surface area contributed by atoms with E-state index in [1.165, 1.54) is 21.3 Å². The van der Waals surface area contributed by atoms with Crippen LogP contribution in [0.25, 0.3) is 11.2 Å². The minimum atomic E-state index is -1.44. The van der Waals surface area contributed by atoms with E-state index in [2.05, 4.69) is 19.9 Å². The van der Waals surface area contributed by atoms with Gasteiger partial charge in [0.05, 0.1) is 26.8 Å². The molecule has 0 spiro atoms. The molecule has 1 N–H and O–H groups in total. The Balaban J connectivity index is 0.00000225. The van der Waals surface area contributed by atoms with Gasteiger partial charge in [0.15, 0.2) is 22.9 Å². The van der Waals surface area contributed by atoms with Crippen LogP contribution < -0.4 is 14.2 Å². The maximum absolute atomic E-state index is 12.6. The van der Waals surface area contributed by atoms with Crippen molar-refractivity contribution in [3.8, 4) is 17.4 Å². The molecule has 3 heterocycles. The Labute approximate surface area is 169 Å². The van der Waals surface area contributed by atoms with Gasteiger partial charge in [-0.05, 0) is 6.07 Å². The number of rotatable bonds is 6. The molecule has 1 atom stereocenters. The summed E-state index contributed by atoms with van der Waals surface area (Å²) in [5.74, 6) is 1.58. The van der Waals surface area contributed by atoms with Gasteiger partial charge in [-0.3, -0.25) is 9.97 Å². The molecule has 0 saturated heterocycles. The first-order valence-electron chi connectivity index (χ1n) is 7.01. The average Bonchev–Trinajstić information content (AvgIpc) is 3.04. The Morgan fingerprint density at radius 1 is 1.08 bits per heavy atom. The predicted octanol–water partition coefficient (Wildman–Crippen LogP) is 1.04. The Kier molecular flexibility index (Phi) is 6.91. The average molecular weight is 372 g/mol. The predicted molar refractivity (Wildman–Crippen MR) is 95.0 cm³/mol. The molecule has 0 aliphatic carbocycles. The summed E-state index contributed by atoms with van der Waals surface area (Å²) >= 11 is -1.44. The molecule has 3 aromatic heterocycles. The molecular weight excluding hydrogens is 355 g/mol. The first kappa shape index (κ1) is 19.8. The number of hydrogen-bond donors (Lipinski definition) is 1. The van der Waals surface area contributed by atoms with Crippen LogP contribution in [-0.2, 0) is 16.9 Å².